The van der Waals surface area contributed by atoms with E-state index in [0.29, 0.717) is 18.1 Å². The molecule has 0 unspecified atom stereocenters. The minimum absolute atomic E-state index is 0.202. The SMILES string of the molecule is CCOC(=O)CSCc1csc(-c2ccc(F)cc2)n1. The van der Waals surface area contributed by atoms with Gasteiger partial charge in [0.15, 0.2) is 0 Å². The summed E-state index contributed by atoms with van der Waals surface area (Å²) in [5, 5.41) is 2.81. The molecular weight excluding hydrogens is 297 g/mol. The second kappa shape index (κ2) is 7.40. The number of nitrogens with zero attached hydrogens (tertiary/aromatic N) is 1. The molecule has 0 radical (unpaired) electrons. The highest BCUT2D eigenvalue weighted by molar-refractivity contribution is 7.99. The third-order valence-corrected chi connectivity index (χ3v) is 4.30. The molecule has 20 heavy (non-hydrogen) atoms. The molecule has 6 heteroatoms. The highest BCUT2D eigenvalue weighted by Crippen LogP contribution is 2.25. The number of ether oxygens (including phenoxy) is 1. The van der Waals surface area contributed by atoms with Gasteiger partial charge >= 0.3 is 5.97 Å². The fourth-order valence-electron chi connectivity index (χ4n) is 1.54. The molecule has 0 fully saturated rings. The number of rotatable bonds is 6. The number of hydrogen-bond donors (Lipinski definition) is 0. The highest BCUT2D eigenvalue weighted by Gasteiger charge is 2.07. The minimum atomic E-state index is -0.254. The van der Waals surface area contributed by atoms with Crippen molar-refractivity contribution in [3.8, 4) is 10.6 Å². The van der Waals surface area contributed by atoms with Crippen LogP contribution >= 0.6 is 23.1 Å². The van der Waals surface area contributed by atoms with Gasteiger partial charge in [-0.15, -0.1) is 23.1 Å². The van der Waals surface area contributed by atoms with E-state index in [9.17, 15) is 9.18 Å². The molecule has 0 spiro atoms. The summed E-state index contributed by atoms with van der Waals surface area (Å²) in [4.78, 5) is 15.7. The summed E-state index contributed by atoms with van der Waals surface area (Å²) in [6.45, 7) is 2.20. The van der Waals surface area contributed by atoms with E-state index in [-0.39, 0.29) is 11.8 Å². The average molecular weight is 311 g/mol. The van der Waals surface area contributed by atoms with Crippen LogP contribution in [-0.4, -0.2) is 23.3 Å². The van der Waals surface area contributed by atoms with Crippen LogP contribution in [0.2, 0.25) is 0 Å². The molecule has 0 bridgehead atoms. The second-order valence-electron chi connectivity index (χ2n) is 3.95. The topological polar surface area (TPSA) is 39.2 Å². The lowest BCUT2D eigenvalue weighted by atomic mass is 10.2. The van der Waals surface area contributed by atoms with E-state index >= 15 is 0 Å². The molecule has 0 amide bonds. The van der Waals surface area contributed by atoms with Crippen molar-refractivity contribution in [2.45, 2.75) is 12.7 Å². The zero-order chi connectivity index (χ0) is 14.4. The van der Waals surface area contributed by atoms with E-state index < -0.39 is 0 Å². The second-order valence-corrected chi connectivity index (χ2v) is 5.79. The Bertz CT molecular complexity index is 569. The summed E-state index contributed by atoms with van der Waals surface area (Å²) in [5.41, 5.74) is 1.82. The first kappa shape index (κ1) is 15.0. The number of aromatic nitrogens is 1. The molecule has 0 saturated heterocycles. The lowest BCUT2D eigenvalue weighted by molar-refractivity contribution is -0.139. The zero-order valence-corrected chi connectivity index (χ0v) is 12.6. The Morgan fingerprint density at radius 2 is 2.15 bits per heavy atom. The normalized spacial score (nSPS) is 10.5. The van der Waals surface area contributed by atoms with Gasteiger partial charge in [-0.3, -0.25) is 4.79 Å². The predicted molar refractivity (Wildman–Crippen MR) is 80.3 cm³/mol. The Balaban J connectivity index is 1.89. The van der Waals surface area contributed by atoms with Gasteiger partial charge in [0.05, 0.1) is 18.1 Å². The van der Waals surface area contributed by atoms with E-state index in [1.54, 1.807) is 19.1 Å². The summed E-state index contributed by atoms with van der Waals surface area (Å²) in [5.74, 6) is 0.537. The highest BCUT2D eigenvalue weighted by atomic mass is 32.2. The molecule has 1 aromatic carbocycles. The van der Waals surface area contributed by atoms with Crippen LogP contribution in [-0.2, 0) is 15.3 Å². The smallest absolute Gasteiger partial charge is 0.315 e. The Kier molecular flexibility index (Phi) is 5.55. The van der Waals surface area contributed by atoms with Crippen LogP contribution < -0.4 is 0 Å². The van der Waals surface area contributed by atoms with Gasteiger partial charge in [0.1, 0.15) is 10.8 Å². The molecule has 3 nitrogen and oxygen atoms in total. The lowest BCUT2D eigenvalue weighted by Crippen LogP contribution is -2.06. The molecule has 1 heterocycles. The molecule has 2 rings (SSSR count). The Morgan fingerprint density at radius 1 is 1.40 bits per heavy atom. The molecule has 0 saturated carbocycles. The Labute approximate surface area is 125 Å². The Hall–Kier alpha value is -1.40. The van der Waals surface area contributed by atoms with E-state index in [1.807, 2.05) is 5.38 Å². The number of thioether (sulfide) groups is 1. The van der Waals surface area contributed by atoms with Crippen molar-refractivity contribution < 1.29 is 13.9 Å². The van der Waals surface area contributed by atoms with Gasteiger partial charge in [-0.25, -0.2) is 9.37 Å². The monoisotopic (exact) mass is 311 g/mol. The first-order valence-corrected chi connectivity index (χ1v) is 8.16. The first-order chi connectivity index (χ1) is 9.69. The molecule has 1 aromatic heterocycles. The third-order valence-electron chi connectivity index (χ3n) is 2.42. The van der Waals surface area contributed by atoms with Gasteiger partial charge in [0.25, 0.3) is 0 Å². The van der Waals surface area contributed by atoms with E-state index in [0.717, 1.165) is 16.3 Å². The van der Waals surface area contributed by atoms with Gasteiger partial charge in [-0.05, 0) is 31.2 Å². The molecule has 2 aromatic rings. The van der Waals surface area contributed by atoms with Crippen LogP contribution in [0.5, 0.6) is 0 Å². The van der Waals surface area contributed by atoms with Gasteiger partial charge in [-0.1, -0.05) is 0 Å². The van der Waals surface area contributed by atoms with Crippen LogP contribution in [0.1, 0.15) is 12.6 Å². The van der Waals surface area contributed by atoms with Crippen molar-refractivity contribution in [2.24, 2.45) is 0 Å². The lowest BCUT2D eigenvalue weighted by Gasteiger charge is -2.00. The number of hydrogen-bond acceptors (Lipinski definition) is 5. The largest absolute Gasteiger partial charge is 0.465 e. The van der Waals surface area contributed by atoms with Gasteiger partial charge in [0, 0.05) is 16.7 Å². The van der Waals surface area contributed by atoms with Crippen molar-refractivity contribution >= 4 is 29.1 Å². The molecule has 0 N–H and O–H groups in total. The van der Waals surface area contributed by atoms with Crippen molar-refractivity contribution in [3.63, 3.8) is 0 Å². The van der Waals surface area contributed by atoms with Crippen LogP contribution in [0.4, 0.5) is 4.39 Å². The van der Waals surface area contributed by atoms with Crippen molar-refractivity contribution in [2.75, 3.05) is 12.4 Å². The summed E-state index contributed by atoms with van der Waals surface area (Å²) in [6.07, 6.45) is 0. The van der Waals surface area contributed by atoms with Crippen LogP contribution in [0, 0.1) is 5.82 Å². The third kappa shape index (κ3) is 4.31. The number of carbonyl (C=O) groups is 1. The molecule has 0 atom stereocenters. The minimum Gasteiger partial charge on any atom is -0.465 e. The molecular formula is C14H14FNO2S2. The van der Waals surface area contributed by atoms with Gasteiger partial charge in [0.2, 0.25) is 0 Å². The fourth-order valence-corrected chi connectivity index (χ4v) is 3.18. The van der Waals surface area contributed by atoms with Crippen LogP contribution in [0.15, 0.2) is 29.6 Å². The molecule has 0 aliphatic heterocycles. The number of thiazole rings is 1. The summed E-state index contributed by atoms with van der Waals surface area (Å²) in [7, 11) is 0. The van der Waals surface area contributed by atoms with E-state index in [2.05, 4.69) is 4.98 Å². The quantitative estimate of drug-likeness (QED) is 0.762. The number of benzene rings is 1. The summed E-state index contributed by atoms with van der Waals surface area (Å²) < 4.78 is 17.7. The van der Waals surface area contributed by atoms with Gasteiger partial charge < -0.3 is 4.74 Å². The van der Waals surface area contributed by atoms with Crippen molar-refractivity contribution in [1.82, 2.24) is 4.98 Å². The summed E-state index contributed by atoms with van der Waals surface area (Å²) >= 11 is 2.99. The molecule has 0 aliphatic rings. The Morgan fingerprint density at radius 3 is 2.85 bits per heavy atom. The first-order valence-electron chi connectivity index (χ1n) is 6.12. The maximum atomic E-state index is 12.8. The maximum Gasteiger partial charge on any atom is 0.315 e. The van der Waals surface area contributed by atoms with Gasteiger partial charge in [-0.2, -0.15) is 0 Å². The number of carbonyl (C=O) groups excluding carboxylic acids is 1. The van der Waals surface area contributed by atoms with Crippen LogP contribution in [0.25, 0.3) is 10.6 Å². The number of esters is 1. The molecule has 0 aliphatic carbocycles. The number of halogens is 1. The fraction of sp³-hybridized carbons (Fsp3) is 0.286. The van der Waals surface area contributed by atoms with Crippen molar-refractivity contribution in [1.29, 1.82) is 0 Å². The standard InChI is InChI=1S/C14H14FNO2S2/c1-2-18-13(17)9-19-7-12-8-20-14(16-12)10-3-5-11(15)6-4-10/h3-6,8H,2,7,9H2,1H3. The summed E-state index contributed by atoms with van der Waals surface area (Å²) in [6, 6.07) is 6.27. The predicted octanol–water partition coefficient (Wildman–Crippen LogP) is 3.75. The van der Waals surface area contributed by atoms with Crippen LogP contribution in [0.3, 0.4) is 0 Å². The molecule has 106 valence electrons. The van der Waals surface area contributed by atoms with Crippen molar-refractivity contribution in [3.05, 3.63) is 41.2 Å². The zero-order valence-electron chi connectivity index (χ0n) is 11.0. The maximum absolute atomic E-state index is 12.8. The average Bonchev–Trinajstić information content (AvgIpc) is 2.89. The van der Waals surface area contributed by atoms with E-state index in [4.69, 9.17) is 4.74 Å². The van der Waals surface area contributed by atoms with E-state index in [1.165, 1.54) is 35.2 Å².